The summed E-state index contributed by atoms with van der Waals surface area (Å²) >= 11 is 0. The summed E-state index contributed by atoms with van der Waals surface area (Å²) in [5, 5.41) is 7.18. The van der Waals surface area contributed by atoms with Crippen molar-refractivity contribution in [2.75, 3.05) is 7.05 Å². The molecule has 0 bridgehead atoms. The predicted octanol–water partition coefficient (Wildman–Crippen LogP) is 2.29. The van der Waals surface area contributed by atoms with Crippen molar-refractivity contribution in [3.8, 4) is 0 Å². The van der Waals surface area contributed by atoms with E-state index in [1.807, 2.05) is 14.0 Å². The van der Waals surface area contributed by atoms with Crippen molar-refractivity contribution in [2.45, 2.75) is 33.1 Å². The Morgan fingerprint density at radius 3 is 2.30 bits per heavy atom. The third-order valence-electron chi connectivity index (χ3n) is 1.51. The highest BCUT2D eigenvalue weighted by Gasteiger charge is 1.94. The molecule has 0 saturated carbocycles. The Morgan fingerprint density at radius 2 is 2.00 bits per heavy atom. The molecule has 0 unspecified atom stereocenters. The van der Waals surface area contributed by atoms with Crippen LogP contribution in [0.3, 0.4) is 0 Å². The Morgan fingerprint density at radius 1 is 1.40 bits per heavy atom. The molecule has 0 spiro atoms. The lowest BCUT2D eigenvalue weighted by molar-refractivity contribution is 1.06. The largest absolute Gasteiger partial charge is 0.310 e. The smallest absolute Gasteiger partial charge is 0.0276 e. The topological polar surface area (TPSA) is 36.2 Å². The number of rotatable bonds is 4. The highest BCUT2D eigenvalue weighted by molar-refractivity contribution is 5.89. The maximum Gasteiger partial charge on any atom is 0.0276 e. The van der Waals surface area contributed by atoms with Gasteiger partial charge < -0.3 is 5.41 Å². The van der Waals surface area contributed by atoms with E-state index in [-0.39, 0.29) is 0 Å². The molecule has 0 aromatic heterocycles. The molecule has 10 heavy (non-hydrogen) atoms. The van der Waals surface area contributed by atoms with Gasteiger partial charge in [0, 0.05) is 18.5 Å². The van der Waals surface area contributed by atoms with Gasteiger partial charge in [-0.1, -0.05) is 6.92 Å². The van der Waals surface area contributed by atoms with E-state index in [2.05, 4.69) is 11.9 Å². The fourth-order valence-corrected chi connectivity index (χ4v) is 0.778. The lowest BCUT2D eigenvalue weighted by Gasteiger charge is -1.99. The fraction of sp³-hybridized carbons (Fsp3) is 0.750. The first-order valence-corrected chi connectivity index (χ1v) is 3.69. The molecule has 0 aromatic rings. The lowest BCUT2D eigenvalue weighted by atomic mass is 10.1. The van der Waals surface area contributed by atoms with E-state index in [4.69, 9.17) is 5.41 Å². The van der Waals surface area contributed by atoms with Crippen LogP contribution in [0.4, 0.5) is 0 Å². The zero-order valence-electron chi connectivity index (χ0n) is 7.07. The van der Waals surface area contributed by atoms with Crippen LogP contribution in [-0.4, -0.2) is 18.5 Å². The molecule has 0 aliphatic rings. The highest BCUT2D eigenvalue weighted by Crippen LogP contribution is 1.97. The molecule has 0 aromatic carbocycles. The van der Waals surface area contributed by atoms with Crippen LogP contribution in [0.15, 0.2) is 4.99 Å². The standard InChI is InChI=1S/C8H16N2/c1-4-8(10-3)6-5-7(2)9/h9H,4-6H2,1-3H3. The van der Waals surface area contributed by atoms with Gasteiger partial charge in [-0.2, -0.15) is 0 Å². The molecule has 2 heteroatoms. The van der Waals surface area contributed by atoms with Gasteiger partial charge in [0.05, 0.1) is 0 Å². The van der Waals surface area contributed by atoms with Crippen molar-refractivity contribution in [1.29, 1.82) is 5.41 Å². The number of hydrogen-bond donors (Lipinski definition) is 1. The molecule has 0 aliphatic carbocycles. The van der Waals surface area contributed by atoms with Crippen molar-refractivity contribution in [2.24, 2.45) is 4.99 Å². The quantitative estimate of drug-likeness (QED) is 0.582. The van der Waals surface area contributed by atoms with Gasteiger partial charge in [-0.3, -0.25) is 4.99 Å². The Kier molecular flexibility index (Phi) is 4.81. The minimum Gasteiger partial charge on any atom is -0.310 e. The third-order valence-corrected chi connectivity index (χ3v) is 1.51. The lowest BCUT2D eigenvalue weighted by Crippen LogP contribution is -1.99. The normalized spacial score (nSPS) is 11.7. The SMILES string of the molecule is CCC(CCC(C)=N)=NC. The second-order valence-corrected chi connectivity index (χ2v) is 2.42. The minimum absolute atomic E-state index is 0.745. The van der Waals surface area contributed by atoms with Gasteiger partial charge in [-0.25, -0.2) is 0 Å². The summed E-state index contributed by atoms with van der Waals surface area (Å²) in [6, 6.07) is 0. The Balaban J connectivity index is 3.56. The molecule has 58 valence electrons. The molecule has 0 aliphatic heterocycles. The van der Waals surface area contributed by atoms with E-state index < -0.39 is 0 Å². The average molecular weight is 140 g/mol. The molecular formula is C8H16N2. The monoisotopic (exact) mass is 140 g/mol. The van der Waals surface area contributed by atoms with Crippen LogP contribution < -0.4 is 0 Å². The highest BCUT2D eigenvalue weighted by atomic mass is 14.7. The Hall–Kier alpha value is -0.660. The van der Waals surface area contributed by atoms with E-state index in [9.17, 15) is 0 Å². The number of aliphatic imine (C=N–C) groups is 1. The summed E-state index contributed by atoms with van der Waals surface area (Å²) < 4.78 is 0. The first kappa shape index (κ1) is 9.34. The second kappa shape index (κ2) is 5.15. The predicted molar refractivity (Wildman–Crippen MR) is 46.3 cm³/mol. The van der Waals surface area contributed by atoms with Crippen molar-refractivity contribution in [1.82, 2.24) is 0 Å². The van der Waals surface area contributed by atoms with Crippen molar-refractivity contribution < 1.29 is 0 Å². The van der Waals surface area contributed by atoms with Gasteiger partial charge >= 0.3 is 0 Å². The van der Waals surface area contributed by atoms with Crippen LogP contribution >= 0.6 is 0 Å². The van der Waals surface area contributed by atoms with E-state index in [1.54, 1.807) is 0 Å². The zero-order valence-corrected chi connectivity index (χ0v) is 7.07. The van der Waals surface area contributed by atoms with Crippen molar-refractivity contribution in [3.05, 3.63) is 0 Å². The summed E-state index contributed by atoms with van der Waals surface area (Å²) in [5.74, 6) is 0. The van der Waals surface area contributed by atoms with Gasteiger partial charge in [-0.05, 0) is 26.2 Å². The first-order valence-electron chi connectivity index (χ1n) is 3.69. The third kappa shape index (κ3) is 4.24. The summed E-state index contributed by atoms with van der Waals surface area (Å²) in [6.07, 6.45) is 2.84. The maximum absolute atomic E-state index is 7.18. The molecule has 0 rings (SSSR count). The number of nitrogens with one attached hydrogen (secondary N) is 1. The summed E-state index contributed by atoms with van der Waals surface area (Å²) in [6.45, 7) is 3.94. The molecule has 0 heterocycles. The summed E-state index contributed by atoms with van der Waals surface area (Å²) in [7, 11) is 1.82. The van der Waals surface area contributed by atoms with Crippen LogP contribution in [0.1, 0.15) is 33.1 Å². The zero-order chi connectivity index (χ0) is 7.98. The van der Waals surface area contributed by atoms with Gasteiger partial charge in [0.1, 0.15) is 0 Å². The number of nitrogens with zero attached hydrogens (tertiary/aromatic N) is 1. The van der Waals surface area contributed by atoms with Gasteiger partial charge in [-0.15, -0.1) is 0 Å². The van der Waals surface area contributed by atoms with Gasteiger partial charge in [0.2, 0.25) is 0 Å². The molecule has 0 amide bonds. The summed E-state index contributed by atoms with van der Waals surface area (Å²) in [4.78, 5) is 4.10. The minimum atomic E-state index is 0.745. The molecule has 0 fully saturated rings. The van der Waals surface area contributed by atoms with E-state index in [1.165, 1.54) is 5.71 Å². The van der Waals surface area contributed by atoms with Crippen LogP contribution in [0.25, 0.3) is 0 Å². The molecule has 0 radical (unpaired) electrons. The first-order chi connectivity index (χ1) is 4.70. The van der Waals surface area contributed by atoms with E-state index >= 15 is 0 Å². The van der Waals surface area contributed by atoms with E-state index in [0.717, 1.165) is 25.0 Å². The van der Waals surface area contributed by atoms with Crippen LogP contribution in [0.2, 0.25) is 0 Å². The van der Waals surface area contributed by atoms with Gasteiger partial charge in [0.15, 0.2) is 0 Å². The van der Waals surface area contributed by atoms with Gasteiger partial charge in [0.25, 0.3) is 0 Å². The molecule has 1 N–H and O–H groups in total. The molecular weight excluding hydrogens is 124 g/mol. The Bertz CT molecular complexity index is 136. The molecule has 2 nitrogen and oxygen atoms in total. The fourth-order valence-electron chi connectivity index (χ4n) is 0.778. The van der Waals surface area contributed by atoms with Crippen LogP contribution in [0.5, 0.6) is 0 Å². The molecule has 0 saturated heterocycles. The van der Waals surface area contributed by atoms with Crippen LogP contribution in [-0.2, 0) is 0 Å². The van der Waals surface area contributed by atoms with E-state index in [0.29, 0.717) is 0 Å². The average Bonchev–Trinajstić information content (AvgIpc) is 1.90. The maximum atomic E-state index is 7.18. The second-order valence-electron chi connectivity index (χ2n) is 2.42. The van der Waals surface area contributed by atoms with Crippen LogP contribution in [0, 0.1) is 5.41 Å². The number of hydrogen-bond acceptors (Lipinski definition) is 2. The summed E-state index contributed by atoms with van der Waals surface area (Å²) in [5.41, 5.74) is 1.96. The Labute approximate surface area is 62.9 Å². The van der Waals surface area contributed by atoms with Crippen molar-refractivity contribution >= 4 is 11.4 Å². The van der Waals surface area contributed by atoms with Crippen molar-refractivity contribution in [3.63, 3.8) is 0 Å². The molecule has 0 atom stereocenters.